The summed E-state index contributed by atoms with van der Waals surface area (Å²) in [6, 6.07) is 14.7. The maximum absolute atomic E-state index is 13.0. The van der Waals surface area contributed by atoms with E-state index in [1.54, 1.807) is 36.5 Å². The summed E-state index contributed by atoms with van der Waals surface area (Å²) in [5.41, 5.74) is 2.91. The molecule has 0 atom stereocenters. The third-order valence-electron chi connectivity index (χ3n) is 5.86. The van der Waals surface area contributed by atoms with E-state index in [0.717, 1.165) is 35.5 Å². The van der Waals surface area contributed by atoms with Gasteiger partial charge >= 0.3 is 5.69 Å². The fourth-order valence-corrected chi connectivity index (χ4v) is 5.08. The van der Waals surface area contributed by atoms with Gasteiger partial charge in [-0.15, -0.1) is 11.3 Å². The van der Waals surface area contributed by atoms with Gasteiger partial charge in [0.15, 0.2) is 0 Å². The van der Waals surface area contributed by atoms with E-state index in [2.05, 4.69) is 26.6 Å². The molecule has 2 N–H and O–H groups in total. The molecule has 2 aromatic heterocycles. The number of nitrogens with one attached hydrogen (secondary N) is 2. The molecule has 4 aromatic rings. The third-order valence-corrected chi connectivity index (χ3v) is 6.88. The lowest BCUT2D eigenvalue weighted by Crippen LogP contribution is -2.34. The van der Waals surface area contributed by atoms with Crippen LogP contribution in [0.4, 0.5) is 11.4 Å². The number of amides is 1. The molecule has 32 heavy (non-hydrogen) atoms. The molecule has 162 valence electrons. The molecule has 0 fully saturated rings. The van der Waals surface area contributed by atoms with Gasteiger partial charge in [0.1, 0.15) is 0 Å². The zero-order valence-corrected chi connectivity index (χ0v) is 18.4. The number of thiophene rings is 1. The molecule has 0 radical (unpaired) electrons. The minimum absolute atomic E-state index is 0.284. The van der Waals surface area contributed by atoms with Gasteiger partial charge < -0.3 is 15.2 Å². The first-order chi connectivity index (χ1) is 15.5. The number of para-hydroxylation sites is 2. The van der Waals surface area contributed by atoms with Crippen LogP contribution in [-0.2, 0) is 19.5 Å². The second kappa shape index (κ2) is 8.12. The second-order valence-electron chi connectivity index (χ2n) is 7.75. The van der Waals surface area contributed by atoms with Crippen molar-refractivity contribution in [3.8, 4) is 0 Å². The molecule has 0 bridgehead atoms. The predicted molar refractivity (Wildman–Crippen MR) is 128 cm³/mol. The molecule has 1 amide bonds. The van der Waals surface area contributed by atoms with E-state index in [4.69, 9.17) is 0 Å². The minimum Gasteiger partial charge on any atom is -0.365 e. The summed E-state index contributed by atoms with van der Waals surface area (Å²) < 4.78 is 1.13. The Bertz CT molecular complexity index is 1450. The number of benzene rings is 2. The Hall–Kier alpha value is -3.65. The highest BCUT2D eigenvalue weighted by Gasteiger charge is 2.20. The first-order valence-corrected chi connectivity index (χ1v) is 11.4. The molecule has 0 spiro atoms. The van der Waals surface area contributed by atoms with Crippen LogP contribution < -0.4 is 21.5 Å². The topological polar surface area (TPSA) is 87.2 Å². The molecular formula is C24H22N4O3S. The molecule has 0 saturated carbocycles. The van der Waals surface area contributed by atoms with Crippen LogP contribution in [-0.4, -0.2) is 22.0 Å². The van der Waals surface area contributed by atoms with Crippen LogP contribution >= 0.6 is 11.3 Å². The van der Waals surface area contributed by atoms with E-state index < -0.39 is 5.69 Å². The summed E-state index contributed by atoms with van der Waals surface area (Å²) in [5, 5.41) is 5.51. The number of anilines is 2. The number of aromatic nitrogens is 2. The second-order valence-corrected chi connectivity index (χ2v) is 8.75. The van der Waals surface area contributed by atoms with Crippen LogP contribution in [0.1, 0.15) is 27.7 Å². The lowest BCUT2D eigenvalue weighted by molar-refractivity contribution is 0.102. The monoisotopic (exact) mass is 446 g/mol. The summed E-state index contributed by atoms with van der Waals surface area (Å²) in [5.74, 6) is -0.298. The molecule has 0 aliphatic carbocycles. The van der Waals surface area contributed by atoms with Gasteiger partial charge in [-0.1, -0.05) is 12.1 Å². The molecule has 2 aromatic carbocycles. The highest BCUT2D eigenvalue weighted by Crippen LogP contribution is 2.32. The lowest BCUT2D eigenvalue weighted by atomic mass is 10.1. The first kappa shape index (κ1) is 20.3. The van der Waals surface area contributed by atoms with Gasteiger partial charge in [0.05, 0.1) is 22.3 Å². The lowest BCUT2D eigenvalue weighted by Gasteiger charge is -2.30. The average molecular weight is 447 g/mol. The third kappa shape index (κ3) is 3.52. The molecule has 7 nitrogen and oxygen atoms in total. The number of rotatable bonds is 4. The smallest absolute Gasteiger partial charge is 0.328 e. The van der Waals surface area contributed by atoms with E-state index in [-0.39, 0.29) is 18.0 Å². The number of hydrogen-bond acceptors (Lipinski definition) is 5. The summed E-state index contributed by atoms with van der Waals surface area (Å²) in [7, 11) is 0. The van der Waals surface area contributed by atoms with E-state index in [1.165, 1.54) is 10.4 Å². The van der Waals surface area contributed by atoms with Crippen molar-refractivity contribution in [2.45, 2.75) is 26.4 Å². The summed E-state index contributed by atoms with van der Waals surface area (Å²) in [6.45, 7) is 3.73. The summed E-state index contributed by atoms with van der Waals surface area (Å²) in [4.78, 5) is 44.1. The van der Waals surface area contributed by atoms with Crippen molar-refractivity contribution in [2.24, 2.45) is 0 Å². The van der Waals surface area contributed by atoms with Crippen LogP contribution in [0.3, 0.4) is 0 Å². The molecule has 1 aliphatic heterocycles. The zero-order chi connectivity index (χ0) is 22.2. The van der Waals surface area contributed by atoms with Crippen molar-refractivity contribution in [3.63, 3.8) is 0 Å². The zero-order valence-electron chi connectivity index (χ0n) is 17.6. The minimum atomic E-state index is -0.481. The Morgan fingerprint density at radius 2 is 2.00 bits per heavy atom. The van der Waals surface area contributed by atoms with Gasteiger partial charge in [0.2, 0.25) is 0 Å². The molecule has 3 heterocycles. The molecule has 8 heteroatoms. The number of fused-ring (bicyclic) bond motifs is 2. The van der Waals surface area contributed by atoms with Crippen LogP contribution in [0.25, 0.3) is 10.9 Å². The van der Waals surface area contributed by atoms with Crippen molar-refractivity contribution >= 4 is 39.5 Å². The first-order valence-electron chi connectivity index (χ1n) is 10.5. The van der Waals surface area contributed by atoms with E-state index >= 15 is 0 Å². The SMILES string of the molecule is CCn1c(=O)[nH]c2cc(C(=O)Nc3ccccc3N3CCc4sccc4C3)ccc2c1=O. The van der Waals surface area contributed by atoms with Gasteiger partial charge in [-0.25, -0.2) is 4.79 Å². The fourth-order valence-electron chi connectivity index (χ4n) is 4.19. The maximum Gasteiger partial charge on any atom is 0.328 e. The highest BCUT2D eigenvalue weighted by atomic mass is 32.1. The predicted octanol–water partition coefficient (Wildman–Crippen LogP) is 3.59. The van der Waals surface area contributed by atoms with Gasteiger partial charge in [-0.3, -0.25) is 14.2 Å². The van der Waals surface area contributed by atoms with Crippen molar-refractivity contribution in [1.82, 2.24) is 9.55 Å². The molecule has 5 rings (SSSR count). The number of hydrogen-bond donors (Lipinski definition) is 2. The number of nitrogens with zero attached hydrogens (tertiary/aromatic N) is 2. The number of carbonyl (C=O) groups excluding carboxylic acids is 1. The Kier molecular flexibility index (Phi) is 5.14. The molecular weight excluding hydrogens is 424 g/mol. The number of aromatic amines is 1. The van der Waals surface area contributed by atoms with Crippen LogP contribution in [0.5, 0.6) is 0 Å². The highest BCUT2D eigenvalue weighted by molar-refractivity contribution is 7.10. The van der Waals surface area contributed by atoms with Crippen molar-refractivity contribution < 1.29 is 4.79 Å². The van der Waals surface area contributed by atoms with Gasteiger partial charge in [-0.2, -0.15) is 0 Å². The fraction of sp³-hybridized carbons (Fsp3) is 0.208. The summed E-state index contributed by atoms with van der Waals surface area (Å²) in [6.07, 6.45) is 0.989. The van der Waals surface area contributed by atoms with Crippen molar-refractivity contribution in [3.05, 3.63) is 90.8 Å². The Balaban J connectivity index is 1.44. The van der Waals surface area contributed by atoms with Crippen LogP contribution in [0.15, 0.2) is 63.5 Å². The Morgan fingerprint density at radius 1 is 1.16 bits per heavy atom. The number of H-pyrrole nitrogens is 1. The molecule has 1 aliphatic rings. The maximum atomic E-state index is 13.0. The van der Waals surface area contributed by atoms with E-state index in [9.17, 15) is 14.4 Å². The van der Waals surface area contributed by atoms with Gasteiger partial charge in [-0.05, 0) is 60.7 Å². The summed E-state index contributed by atoms with van der Waals surface area (Å²) >= 11 is 1.79. The molecule has 0 unspecified atom stereocenters. The standard InChI is InChI=1S/C24H22N4O3S/c1-2-28-23(30)17-8-7-15(13-19(17)26-24(28)31)22(29)25-18-5-3-4-6-20(18)27-11-9-21-16(14-27)10-12-32-21/h3-8,10,12-13H,2,9,11,14H2,1H3,(H,25,29)(H,26,31). The normalized spacial score (nSPS) is 13.2. The molecule has 0 saturated heterocycles. The van der Waals surface area contributed by atoms with E-state index in [0.29, 0.717) is 16.5 Å². The number of carbonyl (C=O) groups is 1. The van der Waals surface area contributed by atoms with Crippen molar-refractivity contribution in [2.75, 3.05) is 16.8 Å². The Morgan fingerprint density at radius 3 is 2.84 bits per heavy atom. The van der Waals surface area contributed by atoms with Gasteiger partial charge in [0, 0.05) is 30.1 Å². The van der Waals surface area contributed by atoms with Crippen LogP contribution in [0, 0.1) is 0 Å². The largest absolute Gasteiger partial charge is 0.365 e. The van der Waals surface area contributed by atoms with Gasteiger partial charge in [0.25, 0.3) is 11.5 Å². The van der Waals surface area contributed by atoms with E-state index in [1.807, 2.05) is 24.3 Å². The quantitative estimate of drug-likeness (QED) is 0.502. The van der Waals surface area contributed by atoms with Crippen molar-refractivity contribution in [1.29, 1.82) is 0 Å². The van der Waals surface area contributed by atoms with Crippen LogP contribution in [0.2, 0.25) is 0 Å². The average Bonchev–Trinajstić information content (AvgIpc) is 3.27. The Labute approximate surface area is 187 Å².